The number of hydrogen-bond donors (Lipinski definition) is 3. The second-order valence-electron chi connectivity index (χ2n) is 5.22. The molecule has 2 aliphatic heterocycles. The summed E-state index contributed by atoms with van der Waals surface area (Å²) in [6.07, 6.45) is 0.133. The summed E-state index contributed by atoms with van der Waals surface area (Å²) >= 11 is 0.528. The van der Waals surface area contributed by atoms with Crippen LogP contribution in [0.15, 0.2) is 11.3 Å². The van der Waals surface area contributed by atoms with Gasteiger partial charge in [-0.15, -0.1) is 0 Å². The molecule has 2 aliphatic rings. The maximum Gasteiger partial charge on any atom is 0.352 e. The third kappa shape index (κ3) is 2.45. The van der Waals surface area contributed by atoms with Crippen LogP contribution in [0.1, 0.15) is 13.3 Å². The van der Waals surface area contributed by atoms with Gasteiger partial charge in [-0.1, -0.05) is 11.9 Å². The van der Waals surface area contributed by atoms with E-state index in [-0.39, 0.29) is 17.7 Å². The maximum atomic E-state index is 12.0. The molecule has 0 aromatic carbocycles. The standard InChI is InChI=1S/C11H16N2O6S2/c1-4(14)7-6-3-5(11(20-12)21(2,18)19)8(10(16)17)13(6)9(7)15/h4,6-7,11,14H,3,12H2,1-2H3,(H,16,17). The Labute approximate surface area is 126 Å². The quantitative estimate of drug-likeness (QED) is 0.425. The second kappa shape index (κ2) is 5.27. The van der Waals surface area contributed by atoms with Crippen LogP contribution >= 0.6 is 11.9 Å². The Kier molecular flexibility index (Phi) is 4.08. The Morgan fingerprint density at radius 1 is 1.52 bits per heavy atom. The van der Waals surface area contributed by atoms with Crippen molar-refractivity contribution in [2.75, 3.05) is 6.26 Å². The third-order valence-electron chi connectivity index (χ3n) is 3.76. The molecule has 0 aromatic heterocycles. The van der Waals surface area contributed by atoms with Crippen LogP contribution in [0.5, 0.6) is 0 Å². The molecule has 1 saturated heterocycles. The summed E-state index contributed by atoms with van der Waals surface area (Å²) in [7, 11) is -3.62. The average Bonchev–Trinajstić information content (AvgIpc) is 2.63. The van der Waals surface area contributed by atoms with Crippen LogP contribution in [0.3, 0.4) is 0 Å². The van der Waals surface area contributed by atoms with E-state index in [1.807, 2.05) is 0 Å². The molecule has 0 aromatic rings. The molecule has 1 amide bonds. The van der Waals surface area contributed by atoms with Crippen LogP contribution in [-0.4, -0.2) is 58.4 Å². The number of aliphatic hydroxyl groups excluding tert-OH is 1. The van der Waals surface area contributed by atoms with Crippen LogP contribution in [-0.2, 0) is 19.4 Å². The minimum atomic E-state index is -3.62. The zero-order valence-electron chi connectivity index (χ0n) is 11.4. The van der Waals surface area contributed by atoms with Crippen molar-refractivity contribution in [1.29, 1.82) is 0 Å². The number of amides is 1. The van der Waals surface area contributed by atoms with Crippen molar-refractivity contribution in [3.05, 3.63) is 11.3 Å². The van der Waals surface area contributed by atoms with Crippen LogP contribution in [0.25, 0.3) is 0 Å². The van der Waals surface area contributed by atoms with Crippen LogP contribution < -0.4 is 5.14 Å². The molecule has 4 N–H and O–H groups in total. The van der Waals surface area contributed by atoms with Gasteiger partial charge < -0.3 is 15.1 Å². The molecular weight excluding hydrogens is 320 g/mol. The minimum Gasteiger partial charge on any atom is -0.477 e. The highest BCUT2D eigenvalue weighted by molar-refractivity contribution is 8.12. The largest absolute Gasteiger partial charge is 0.477 e. The van der Waals surface area contributed by atoms with Gasteiger partial charge in [-0.2, -0.15) is 0 Å². The Bertz CT molecular complexity index is 627. The van der Waals surface area contributed by atoms with Gasteiger partial charge in [-0.3, -0.25) is 9.93 Å². The van der Waals surface area contributed by atoms with Gasteiger partial charge >= 0.3 is 5.97 Å². The number of carboxylic acids is 1. The predicted molar refractivity (Wildman–Crippen MR) is 75.5 cm³/mol. The van der Waals surface area contributed by atoms with E-state index >= 15 is 0 Å². The number of fused-ring (bicyclic) bond motifs is 1. The molecule has 4 atom stereocenters. The van der Waals surface area contributed by atoms with E-state index in [1.165, 1.54) is 6.92 Å². The monoisotopic (exact) mass is 336 g/mol. The molecule has 2 rings (SSSR count). The summed E-state index contributed by atoms with van der Waals surface area (Å²) in [5.74, 6) is -2.58. The lowest BCUT2D eigenvalue weighted by Crippen LogP contribution is -2.61. The number of carbonyl (C=O) groups is 2. The Balaban J connectivity index is 2.47. The molecule has 0 saturated carbocycles. The van der Waals surface area contributed by atoms with E-state index in [0.717, 1.165) is 11.2 Å². The Morgan fingerprint density at radius 3 is 2.48 bits per heavy atom. The summed E-state index contributed by atoms with van der Waals surface area (Å²) in [4.78, 5) is 24.5. The number of hydrogen-bond acceptors (Lipinski definition) is 7. The number of nitrogens with two attached hydrogens (primary N) is 1. The summed E-state index contributed by atoms with van der Waals surface area (Å²) < 4.78 is 22.3. The van der Waals surface area contributed by atoms with Gasteiger partial charge in [0.05, 0.1) is 18.1 Å². The zero-order chi connectivity index (χ0) is 16.1. The summed E-state index contributed by atoms with van der Waals surface area (Å²) in [6.45, 7) is 1.45. The van der Waals surface area contributed by atoms with Crippen molar-refractivity contribution in [2.24, 2.45) is 11.1 Å². The van der Waals surface area contributed by atoms with E-state index in [9.17, 15) is 28.2 Å². The lowest BCUT2D eigenvalue weighted by Gasteiger charge is -2.44. The third-order valence-corrected chi connectivity index (χ3v) is 6.74. The van der Waals surface area contributed by atoms with Gasteiger partial charge in [-0.25, -0.2) is 13.2 Å². The fourth-order valence-corrected chi connectivity index (χ4v) is 4.86. The highest BCUT2D eigenvalue weighted by Gasteiger charge is 2.58. The topological polar surface area (TPSA) is 138 Å². The van der Waals surface area contributed by atoms with E-state index in [1.54, 1.807) is 0 Å². The smallest absolute Gasteiger partial charge is 0.352 e. The molecule has 2 heterocycles. The number of carboxylic acid groups (broad SMARTS) is 1. The fraction of sp³-hybridized carbons (Fsp3) is 0.636. The second-order valence-corrected chi connectivity index (χ2v) is 8.40. The number of β-lactam (4-membered cyclic amide) rings is 1. The van der Waals surface area contributed by atoms with E-state index in [4.69, 9.17) is 5.14 Å². The van der Waals surface area contributed by atoms with E-state index in [0.29, 0.717) is 11.9 Å². The SMILES string of the molecule is CC(O)C1C(=O)N2C(C(=O)O)=C(C(SN)S(C)(=O)=O)CC12. The molecule has 21 heavy (non-hydrogen) atoms. The number of aliphatic hydroxyl groups is 1. The van der Waals surface area contributed by atoms with Crippen molar-refractivity contribution in [3.8, 4) is 0 Å². The molecule has 0 spiro atoms. The molecule has 4 unspecified atom stereocenters. The lowest BCUT2D eigenvalue weighted by atomic mass is 9.83. The highest BCUT2D eigenvalue weighted by atomic mass is 32.3. The molecule has 1 fully saturated rings. The van der Waals surface area contributed by atoms with E-state index < -0.39 is 44.4 Å². The molecule has 0 aliphatic carbocycles. The number of carbonyl (C=O) groups excluding carboxylic acids is 1. The number of sulfone groups is 1. The summed E-state index contributed by atoms with van der Waals surface area (Å²) in [6, 6.07) is -0.519. The van der Waals surface area contributed by atoms with Crippen molar-refractivity contribution >= 4 is 33.7 Å². The zero-order valence-corrected chi connectivity index (χ0v) is 13.0. The van der Waals surface area contributed by atoms with Crippen molar-refractivity contribution in [3.63, 3.8) is 0 Å². The molecule has 8 nitrogen and oxygen atoms in total. The lowest BCUT2D eigenvalue weighted by molar-refractivity contribution is -0.161. The van der Waals surface area contributed by atoms with Gasteiger partial charge in [0.15, 0.2) is 9.84 Å². The first kappa shape index (κ1) is 16.3. The van der Waals surface area contributed by atoms with Gasteiger partial charge in [0.1, 0.15) is 10.3 Å². The minimum absolute atomic E-state index is 0.0882. The Morgan fingerprint density at radius 2 is 2.10 bits per heavy atom. The highest BCUT2D eigenvalue weighted by Crippen LogP contribution is 2.46. The van der Waals surface area contributed by atoms with Crippen LogP contribution in [0.2, 0.25) is 0 Å². The number of nitrogens with zero attached hydrogens (tertiary/aromatic N) is 1. The maximum absolute atomic E-state index is 12.0. The van der Waals surface area contributed by atoms with E-state index in [2.05, 4.69) is 0 Å². The molecular formula is C11H16N2O6S2. The summed E-state index contributed by atoms with van der Waals surface area (Å²) in [5.41, 5.74) is -0.214. The van der Waals surface area contributed by atoms with Crippen LogP contribution in [0, 0.1) is 5.92 Å². The predicted octanol–water partition coefficient (Wildman–Crippen LogP) is -1.09. The summed E-state index contributed by atoms with van der Waals surface area (Å²) in [5, 5.41) is 24.3. The normalized spacial score (nSPS) is 28.2. The van der Waals surface area contributed by atoms with Crippen molar-refractivity contribution < 1.29 is 28.2 Å². The van der Waals surface area contributed by atoms with Gasteiger partial charge in [-0.05, 0) is 18.9 Å². The molecule has 0 bridgehead atoms. The first-order valence-corrected chi connectivity index (χ1v) is 9.02. The van der Waals surface area contributed by atoms with Crippen molar-refractivity contribution in [2.45, 2.75) is 30.1 Å². The first-order valence-electron chi connectivity index (χ1n) is 6.13. The number of rotatable bonds is 5. The Hall–Kier alpha value is -1.10. The van der Waals surface area contributed by atoms with Crippen molar-refractivity contribution in [1.82, 2.24) is 4.90 Å². The molecule has 0 radical (unpaired) electrons. The average molecular weight is 336 g/mol. The molecule has 118 valence electrons. The van der Waals surface area contributed by atoms with Gasteiger partial charge in [0.25, 0.3) is 0 Å². The molecule has 10 heteroatoms. The first-order chi connectivity index (χ1) is 9.61. The van der Waals surface area contributed by atoms with Crippen LogP contribution in [0.4, 0.5) is 0 Å². The van der Waals surface area contributed by atoms with Gasteiger partial charge in [0.2, 0.25) is 5.91 Å². The number of aliphatic carboxylic acids is 1. The fourth-order valence-electron chi connectivity index (χ4n) is 2.96. The van der Waals surface area contributed by atoms with Gasteiger partial charge in [0, 0.05) is 6.26 Å².